The lowest BCUT2D eigenvalue weighted by Crippen LogP contribution is -2.46. The van der Waals surface area contributed by atoms with E-state index in [1.807, 2.05) is 18.2 Å². The van der Waals surface area contributed by atoms with Gasteiger partial charge in [0.05, 0.1) is 23.2 Å². The summed E-state index contributed by atoms with van der Waals surface area (Å²) in [7, 11) is -3.96. The first-order valence-corrected chi connectivity index (χ1v) is 13.0. The fourth-order valence-corrected chi connectivity index (χ4v) is 4.87. The SMILES string of the molecule is O=C(NCC(=O)N1CCCC(O)C1)c1ccc(S(=O)(=O)Nc2ccccc2Oc2ccccc2)cc1. The molecule has 0 aromatic heterocycles. The van der Waals surface area contributed by atoms with Crippen LogP contribution in [0.2, 0.25) is 0 Å². The van der Waals surface area contributed by atoms with Crippen LogP contribution >= 0.6 is 0 Å². The molecule has 1 atom stereocenters. The van der Waals surface area contributed by atoms with Crippen LogP contribution in [0.4, 0.5) is 5.69 Å². The highest BCUT2D eigenvalue weighted by Crippen LogP contribution is 2.30. The molecule has 3 N–H and O–H groups in total. The van der Waals surface area contributed by atoms with Crippen molar-refractivity contribution in [3.05, 3.63) is 84.4 Å². The molecule has 188 valence electrons. The lowest BCUT2D eigenvalue weighted by molar-refractivity contribution is -0.133. The van der Waals surface area contributed by atoms with Crippen molar-refractivity contribution in [1.29, 1.82) is 0 Å². The molecule has 3 aromatic carbocycles. The number of hydrogen-bond donors (Lipinski definition) is 3. The average Bonchev–Trinajstić information content (AvgIpc) is 2.89. The van der Waals surface area contributed by atoms with Crippen LogP contribution in [0.3, 0.4) is 0 Å². The van der Waals surface area contributed by atoms with Crippen molar-refractivity contribution in [3.8, 4) is 11.5 Å². The Balaban J connectivity index is 1.39. The minimum atomic E-state index is -3.96. The molecule has 1 unspecified atom stereocenters. The summed E-state index contributed by atoms with van der Waals surface area (Å²) in [6.07, 6.45) is 0.831. The average molecular weight is 510 g/mol. The van der Waals surface area contributed by atoms with E-state index in [1.165, 1.54) is 29.2 Å². The number of aliphatic hydroxyl groups excluding tert-OH is 1. The van der Waals surface area contributed by atoms with Crippen LogP contribution in [-0.4, -0.2) is 56.0 Å². The highest BCUT2D eigenvalue weighted by molar-refractivity contribution is 7.92. The van der Waals surface area contributed by atoms with Gasteiger partial charge in [-0.1, -0.05) is 30.3 Å². The van der Waals surface area contributed by atoms with Crippen molar-refractivity contribution in [2.75, 3.05) is 24.4 Å². The Morgan fingerprint density at radius 1 is 0.972 bits per heavy atom. The maximum absolute atomic E-state index is 13.0. The normalized spacial score (nSPS) is 15.7. The van der Waals surface area contributed by atoms with Crippen molar-refractivity contribution in [3.63, 3.8) is 0 Å². The molecule has 0 aliphatic carbocycles. The summed E-state index contributed by atoms with van der Waals surface area (Å²) < 4.78 is 34.3. The van der Waals surface area contributed by atoms with Gasteiger partial charge in [0.2, 0.25) is 5.91 Å². The number of hydrogen-bond acceptors (Lipinski definition) is 6. The molecule has 0 bridgehead atoms. The van der Waals surface area contributed by atoms with Crippen LogP contribution in [0, 0.1) is 0 Å². The van der Waals surface area contributed by atoms with Crippen LogP contribution < -0.4 is 14.8 Å². The van der Waals surface area contributed by atoms with E-state index >= 15 is 0 Å². The fraction of sp³-hybridized carbons (Fsp3) is 0.231. The second-order valence-corrected chi connectivity index (χ2v) is 10.0. The first-order chi connectivity index (χ1) is 17.3. The second kappa shape index (κ2) is 11.2. The van der Waals surface area contributed by atoms with Gasteiger partial charge in [0.1, 0.15) is 5.75 Å². The minimum absolute atomic E-state index is 0.0352. The van der Waals surface area contributed by atoms with Gasteiger partial charge in [0.15, 0.2) is 5.75 Å². The summed E-state index contributed by atoms with van der Waals surface area (Å²) in [6, 6.07) is 21.1. The molecular weight excluding hydrogens is 482 g/mol. The number of likely N-dealkylation sites (tertiary alicyclic amines) is 1. The van der Waals surface area contributed by atoms with Gasteiger partial charge < -0.3 is 20.1 Å². The smallest absolute Gasteiger partial charge is 0.262 e. The number of nitrogens with zero attached hydrogens (tertiary/aromatic N) is 1. The molecule has 1 saturated heterocycles. The third kappa shape index (κ3) is 6.41. The molecule has 0 saturated carbocycles. The van der Waals surface area contributed by atoms with E-state index < -0.39 is 22.0 Å². The van der Waals surface area contributed by atoms with Crippen LogP contribution in [0.1, 0.15) is 23.2 Å². The number of carbonyl (C=O) groups is 2. The number of carbonyl (C=O) groups excluding carboxylic acids is 2. The largest absolute Gasteiger partial charge is 0.455 e. The summed E-state index contributed by atoms with van der Waals surface area (Å²) >= 11 is 0. The standard InChI is InChI=1S/C26H27N3O6S/c30-20-7-6-16-29(18-20)25(31)17-27-26(32)19-12-14-22(15-13-19)36(33,34)28-23-10-4-5-11-24(23)35-21-8-2-1-3-9-21/h1-5,8-15,20,28,30H,6-7,16-18H2,(H,27,32). The van der Waals surface area contributed by atoms with Gasteiger partial charge in [0.25, 0.3) is 15.9 Å². The maximum atomic E-state index is 13.0. The van der Waals surface area contributed by atoms with Gasteiger partial charge in [-0.2, -0.15) is 0 Å². The molecule has 1 aliphatic rings. The van der Waals surface area contributed by atoms with E-state index in [0.717, 1.165) is 0 Å². The molecule has 36 heavy (non-hydrogen) atoms. The molecule has 0 radical (unpaired) electrons. The molecule has 1 aliphatic heterocycles. The Bertz CT molecular complexity index is 1310. The van der Waals surface area contributed by atoms with Gasteiger partial charge in [-0.25, -0.2) is 8.42 Å². The van der Waals surface area contributed by atoms with Gasteiger partial charge in [0, 0.05) is 18.7 Å². The maximum Gasteiger partial charge on any atom is 0.262 e. The van der Waals surface area contributed by atoms with Gasteiger partial charge in [-0.05, 0) is 61.4 Å². The predicted molar refractivity (Wildman–Crippen MR) is 134 cm³/mol. The van der Waals surface area contributed by atoms with Crippen molar-refractivity contribution < 1.29 is 27.9 Å². The number of anilines is 1. The fourth-order valence-electron chi connectivity index (χ4n) is 3.80. The van der Waals surface area contributed by atoms with E-state index in [4.69, 9.17) is 4.74 Å². The van der Waals surface area contributed by atoms with Crippen LogP contribution in [0.15, 0.2) is 83.8 Å². The number of nitrogens with one attached hydrogen (secondary N) is 2. The molecule has 4 rings (SSSR count). The lowest BCUT2D eigenvalue weighted by atomic mass is 10.1. The van der Waals surface area contributed by atoms with E-state index in [0.29, 0.717) is 30.9 Å². The number of para-hydroxylation sites is 3. The Hall–Kier alpha value is -3.89. The molecular formula is C26H27N3O6S. The number of rotatable bonds is 8. The Kier molecular flexibility index (Phi) is 7.87. The number of β-amino-alcohol motifs (C(OH)–C–C–N with tert-alkyl or cyclic N) is 1. The molecule has 0 spiro atoms. The topological polar surface area (TPSA) is 125 Å². The monoisotopic (exact) mass is 509 g/mol. The van der Waals surface area contributed by atoms with E-state index in [-0.39, 0.29) is 35.1 Å². The highest BCUT2D eigenvalue weighted by Gasteiger charge is 2.22. The Morgan fingerprint density at radius 2 is 1.67 bits per heavy atom. The molecule has 1 heterocycles. The summed E-state index contributed by atoms with van der Waals surface area (Å²) in [5, 5.41) is 12.3. The molecule has 2 amide bonds. The van der Waals surface area contributed by atoms with Crippen LogP contribution in [0.5, 0.6) is 11.5 Å². The van der Waals surface area contributed by atoms with Crippen molar-refractivity contribution in [1.82, 2.24) is 10.2 Å². The minimum Gasteiger partial charge on any atom is -0.455 e. The third-order valence-corrected chi connectivity index (χ3v) is 7.06. The number of amides is 2. The zero-order chi connectivity index (χ0) is 25.5. The van der Waals surface area contributed by atoms with E-state index in [1.54, 1.807) is 36.4 Å². The van der Waals surface area contributed by atoms with E-state index in [2.05, 4.69) is 10.0 Å². The van der Waals surface area contributed by atoms with Gasteiger partial charge >= 0.3 is 0 Å². The Morgan fingerprint density at radius 3 is 2.39 bits per heavy atom. The number of piperidine rings is 1. The van der Waals surface area contributed by atoms with Crippen molar-refractivity contribution in [2.24, 2.45) is 0 Å². The summed E-state index contributed by atoms with van der Waals surface area (Å²) in [5.41, 5.74) is 0.484. The molecule has 10 heteroatoms. The van der Waals surface area contributed by atoms with Crippen molar-refractivity contribution >= 4 is 27.5 Å². The summed E-state index contributed by atoms with van der Waals surface area (Å²) in [5.74, 6) is 0.130. The number of ether oxygens (including phenoxy) is 1. The highest BCUT2D eigenvalue weighted by atomic mass is 32.2. The predicted octanol–water partition coefficient (Wildman–Crippen LogP) is 2.99. The first-order valence-electron chi connectivity index (χ1n) is 11.5. The van der Waals surface area contributed by atoms with Crippen LogP contribution in [-0.2, 0) is 14.8 Å². The van der Waals surface area contributed by atoms with Gasteiger partial charge in [-0.3, -0.25) is 14.3 Å². The van der Waals surface area contributed by atoms with Gasteiger partial charge in [-0.15, -0.1) is 0 Å². The summed E-state index contributed by atoms with van der Waals surface area (Å²) in [6.45, 7) is 0.601. The quantitative estimate of drug-likeness (QED) is 0.429. The van der Waals surface area contributed by atoms with Crippen molar-refractivity contribution in [2.45, 2.75) is 23.8 Å². The molecule has 1 fully saturated rings. The zero-order valence-electron chi connectivity index (χ0n) is 19.5. The zero-order valence-corrected chi connectivity index (χ0v) is 20.3. The molecule has 3 aromatic rings. The van der Waals surface area contributed by atoms with Crippen LogP contribution in [0.25, 0.3) is 0 Å². The lowest BCUT2D eigenvalue weighted by Gasteiger charge is -2.30. The summed E-state index contributed by atoms with van der Waals surface area (Å²) in [4.78, 5) is 26.2. The Labute approximate surface area is 209 Å². The number of sulfonamides is 1. The number of aliphatic hydroxyl groups is 1. The number of benzene rings is 3. The second-order valence-electron chi connectivity index (χ2n) is 8.36. The third-order valence-electron chi connectivity index (χ3n) is 5.68. The first kappa shape index (κ1) is 25.2. The molecule has 9 nitrogen and oxygen atoms in total. The van der Waals surface area contributed by atoms with E-state index in [9.17, 15) is 23.1 Å².